The minimum atomic E-state index is -0.515. The Morgan fingerprint density at radius 1 is 1.10 bits per heavy atom. The number of amides is 1. The third-order valence-electron chi connectivity index (χ3n) is 2.94. The van der Waals surface area contributed by atoms with Crippen LogP contribution in [-0.2, 0) is 11.3 Å². The summed E-state index contributed by atoms with van der Waals surface area (Å²) in [6.07, 6.45) is 0. The molecule has 0 bridgehead atoms. The molecule has 0 aliphatic rings. The van der Waals surface area contributed by atoms with Crippen LogP contribution in [0.2, 0.25) is 0 Å². The number of halogens is 1. The predicted octanol–water partition coefficient (Wildman–Crippen LogP) is 2.54. The number of hydrogen-bond donors (Lipinski definition) is 1. The van der Waals surface area contributed by atoms with Crippen LogP contribution in [0.15, 0.2) is 48.5 Å². The van der Waals surface area contributed by atoms with Crippen LogP contribution in [0.1, 0.15) is 26.3 Å². The molecule has 0 unspecified atom stereocenters. The first-order valence-corrected chi connectivity index (χ1v) is 6.32. The van der Waals surface area contributed by atoms with Gasteiger partial charge in [0.05, 0.1) is 12.7 Å². The third-order valence-corrected chi connectivity index (χ3v) is 2.94. The van der Waals surface area contributed by atoms with Gasteiger partial charge >= 0.3 is 5.97 Å². The molecule has 0 radical (unpaired) electrons. The summed E-state index contributed by atoms with van der Waals surface area (Å²) in [7, 11) is 1.27. The van der Waals surface area contributed by atoms with E-state index in [1.54, 1.807) is 36.4 Å². The topological polar surface area (TPSA) is 55.4 Å². The first-order chi connectivity index (χ1) is 10.1. The lowest BCUT2D eigenvalue weighted by molar-refractivity contribution is 0.0600. The summed E-state index contributed by atoms with van der Waals surface area (Å²) >= 11 is 0. The van der Waals surface area contributed by atoms with E-state index in [2.05, 4.69) is 10.1 Å². The molecule has 0 heterocycles. The van der Waals surface area contributed by atoms with E-state index in [-0.39, 0.29) is 23.8 Å². The first-order valence-electron chi connectivity index (χ1n) is 6.32. The minimum Gasteiger partial charge on any atom is -0.465 e. The van der Waals surface area contributed by atoms with E-state index in [1.807, 2.05) is 0 Å². The molecule has 0 spiro atoms. The molecule has 21 heavy (non-hydrogen) atoms. The fraction of sp³-hybridized carbons (Fsp3) is 0.125. The monoisotopic (exact) mass is 287 g/mol. The van der Waals surface area contributed by atoms with Gasteiger partial charge in [-0.25, -0.2) is 9.18 Å². The van der Waals surface area contributed by atoms with Crippen molar-refractivity contribution in [2.24, 2.45) is 0 Å². The van der Waals surface area contributed by atoms with Crippen molar-refractivity contribution in [1.29, 1.82) is 0 Å². The molecule has 0 saturated heterocycles. The van der Waals surface area contributed by atoms with E-state index < -0.39 is 5.97 Å². The summed E-state index contributed by atoms with van der Waals surface area (Å²) in [4.78, 5) is 23.4. The van der Waals surface area contributed by atoms with Crippen LogP contribution in [0.5, 0.6) is 0 Å². The molecular formula is C16H14FNO3. The molecule has 1 amide bonds. The van der Waals surface area contributed by atoms with E-state index in [0.717, 1.165) is 0 Å². The Morgan fingerprint density at radius 2 is 1.81 bits per heavy atom. The molecule has 108 valence electrons. The number of nitrogens with one attached hydrogen (secondary N) is 1. The normalized spacial score (nSPS) is 10.0. The Bertz CT molecular complexity index is 670. The number of esters is 1. The molecule has 5 heteroatoms. The van der Waals surface area contributed by atoms with Gasteiger partial charge in [0, 0.05) is 17.7 Å². The average Bonchev–Trinajstić information content (AvgIpc) is 2.53. The van der Waals surface area contributed by atoms with Gasteiger partial charge in [0.2, 0.25) is 0 Å². The highest BCUT2D eigenvalue weighted by molar-refractivity contribution is 5.97. The number of rotatable bonds is 4. The molecule has 2 aromatic carbocycles. The van der Waals surface area contributed by atoms with Crippen LogP contribution >= 0.6 is 0 Å². The van der Waals surface area contributed by atoms with E-state index in [4.69, 9.17) is 0 Å². The highest BCUT2D eigenvalue weighted by Gasteiger charge is 2.11. The number of methoxy groups -OCH3 is 1. The lowest BCUT2D eigenvalue weighted by Crippen LogP contribution is -2.23. The Labute approximate surface area is 121 Å². The molecule has 1 N–H and O–H groups in total. The van der Waals surface area contributed by atoms with Crippen LogP contribution in [0.25, 0.3) is 0 Å². The van der Waals surface area contributed by atoms with Gasteiger partial charge in [-0.2, -0.15) is 0 Å². The Hall–Kier alpha value is -2.69. The zero-order chi connectivity index (χ0) is 15.2. The van der Waals surface area contributed by atoms with Gasteiger partial charge in [0.1, 0.15) is 5.82 Å². The SMILES string of the molecule is COC(=O)c1cccc(C(=O)NCc2ccccc2F)c1. The summed E-state index contributed by atoms with van der Waals surface area (Å²) in [5, 5.41) is 2.61. The maximum absolute atomic E-state index is 13.4. The number of benzene rings is 2. The lowest BCUT2D eigenvalue weighted by Gasteiger charge is -2.07. The van der Waals surface area contributed by atoms with Crippen LogP contribution in [0, 0.1) is 5.82 Å². The van der Waals surface area contributed by atoms with Crippen molar-refractivity contribution in [3.63, 3.8) is 0 Å². The van der Waals surface area contributed by atoms with Gasteiger partial charge in [-0.1, -0.05) is 24.3 Å². The number of carbonyl (C=O) groups excluding carboxylic acids is 2. The molecule has 2 rings (SSSR count). The first kappa shape index (κ1) is 14.7. The van der Waals surface area contributed by atoms with Gasteiger partial charge in [0.15, 0.2) is 0 Å². The quantitative estimate of drug-likeness (QED) is 0.879. The van der Waals surface area contributed by atoms with Crippen molar-refractivity contribution in [3.8, 4) is 0 Å². The molecule has 0 saturated carbocycles. The van der Waals surface area contributed by atoms with Gasteiger partial charge in [-0.05, 0) is 24.3 Å². The molecule has 4 nitrogen and oxygen atoms in total. The summed E-state index contributed by atoms with van der Waals surface area (Å²) < 4.78 is 18.0. The molecule has 0 aromatic heterocycles. The number of ether oxygens (including phenoxy) is 1. The zero-order valence-electron chi connectivity index (χ0n) is 11.4. The lowest BCUT2D eigenvalue weighted by atomic mass is 10.1. The summed E-state index contributed by atoms with van der Waals surface area (Å²) in [5.74, 6) is -1.27. The smallest absolute Gasteiger partial charge is 0.337 e. The van der Waals surface area contributed by atoms with Crippen molar-refractivity contribution in [3.05, 3.63) is 71.0 Å². The van der Waals surface area contributed by atoms with Crippen LogP contribution in [-0.4, -0.2) is 19.0 Å². The molecule has 0 aliphatic heterocycles. The predicted molar refractivity (Wildman–Crippen MR) is 75.4 cm³/mol. The summed E-state index contributed by atoms with van der Waals surface area (Å²) in [5.41, 5.74) is 1.00. The van der Waals surface area contributed by atoms with Crippen molar-refractivity contribution in [2.45, 2.75) is 6.54 Å². The van der Waals surface area contributed by atoms with Crippen molar-refractivity contribution in [2.75, 3.05) is 7.11 Å². The van der Waals surface area contributed by atoms with Crippen LogP contribution in [0.4, 0.5) is 4.39 Å². The Morgan fingerprint density at radius 3 is 2.52 bits per heavy atom. The largest absolute Gasteiger partial charge is 0.465 e. The van der Waals surface area contributed by atoms with E-state index in [1.165, 1.54) is 19.2 Å². The maximum atomic E-state index is 13.4. The number of carbonyl (C=O) groups is 2. The third kappa shape index (κ3) is 3.66. The van der Waals surface area contributed by atoms with Gasteiger partial charge in [0.25, 0.3) is 5.91 Å². The van der Waals surface area contributed by atoms with E-state index in [9.17, 15) is 14.0 Å². The van der Waals surface area contributed by atoms with Crippen molar-refractivity contribution >= 4 is 11.9 Å². The summed E-state index contributed by atoms with van der Waals surface area (Å²) in [6.45, 7) is 0.0773. The maximum Gasteiger partial charge on any atom is 0.337 e. The highest BCUT2D eigenvalue weighted by Crippen LogP contribution is 2.09. The molecule has 0 atom stereocenters. The standard InChI is InChI=1S/C16H14FNO3/c1-21-16(20)12-7-4-6-11(9-12)15(19)18-10-13-5-2-3-8-14(13)17/h2-9H,10H2,1H3,(H,18,19). The fourth-order valence-electron chi connectivity index (χ4n) is 1.82. The Balaban J connectivity index is 2.07. The molecule has 2 aromatic rings. The summed E-state index contributed by atoms with van der Waals surface area (Å²) in [6, 6.07) is 12.4. The number of hydrogen-bond acceptors (Lipinski definition) is 3. The molecule has 0 fully saturated rings. The second-order valence-electron chi connectivity index (χ2n) is 4.35. The highest BCUT2D eigenvalue weighted by atomic mass is 19.1. The second kappa shape index (κ2) is 6.65. The van der Waals surface area contributed by atoms with Gasteiger partial charge in [-0.3, -0.25) is 4.79 Å². The average molecular weight is 287 g/mol. The van der Waals surface area contributed by atoms with Gasteiger partial charge in [-0.15, -0.1) is 0 Å². The van der Waals surface area contributed by atoms with E-state index in [0.29, 0.717) is 11.1 Å². The van der Waals surface area contributed by atoms with Crippen LogP contribution in [0.3, 0.4) is 0 Å². The van der Waals surface area contributed by atoms with Crippen LogP contribution < -0.4 is 5.32 Å². The second-order valence-corrected chi connectivity index (χ2v) is 4.35. The van der Waals surface area contributed by atoms with Gasteiger partial charge < -0.3 is 10.1 Å². The minimum absolute atomic E-state index is 0.0773. The molecule has 0 aliphatic carbocycles. The van der Waals surface area contributed by atoms with E-state index >= 15 is 0 Å². The van der Waals surface area contributed by atoms with Crippen molar-refractivity contribution < 1.29 is 18.7 Å². The molecular weight excluding hydrogens is 273 g/mol. The Kier molecular flexibility index (Phi) is 4.66. The van der Waals surface area contributed by atoms with Crippen molar-refractivity contribution in [1.82, 2.24) is 5.32 Å². The fourth-order valence-corrected chi connectivity index (χ4v) is 1.82. The zero-order valence-corrected chi connectivity index (χ0v) is 11.4.